The third kappa shape index (κ3) is 1.81. The molecule has 0 aliphatic heterocycles. The van der Waals surface area contributed by atoms with Crippen molar-refractivity contribution in [3.05, 3.63) is 35.4 Å². The van der Waals surface area contributed by atoms with E-state index in [4.69, 9.17) is 5.84 Å². The van der Waals surface area contributed by atoms with Gasteiger partial charge in [-0.25, -0.2) is 0 Å². The van der Waals surface area contributed by atoms with Crippen molar-refractivity contribution in [2.75, 3.05) is 0 Å². The van der Waals surface area contributed by atoms with Crippen LogP contribution in [-0.2, 0) is 0 Å². The minimum atomic E-state index is 0.500. The predicted octanol–water partition coefficient (Wildman–Crippen LogP) is 2.13. The Morgan fingerprint density at radius 1 is 1.29 bits per heavy atom. The summed E-state index contributed by atoms with van der Waals surface area (Å²) >= 11 is 0. The average Bonchev–Trinajstić information content (AvgIpc) is 2.97. The quantitative estimate of drug-likeness (QED) is 0.566. The molecule has 1 fully saturated rings. The van der Waals surface area contributed by atoms with E-state index in [0.717, 1.165) is 0 Å². The molecule has 1 aromatic rings. The fraction of sp³-hybridized carbons (Fsp3) is 0.500. The van der Waals surface area contributed by atoms with Gasteiger partial charge < -0.3 is 0 Å². The third-order valence-corrected chi connectivity index (χ3v) is 3.04. The smallest absolute Gasteiger partial charge is 0.0286 e. The van der Waals surface area contributed by atoms with Crippen LogP contribution >= 0.6 is 0 Å². The number of hydrazine groups is 1. The van der Waals surface area contributed by atoms with E-state index in [1.165, 1.54) is 17.5 Å². The van der Waals surface area contributed by atoms with Gasteiger partial charge in [0.05, 0.1) is 0 Å². The first-order chi connectivity index (χ1) is 6.72. The first kappa shape index (κ1) is 9.69. The van der Waals surface area contributed by atoms with Crippen LogP contribution in [0.15, 0.2) is 24.3 Å². The first-order valence-electron chi connectivity index (χ1n) is 5.28. The van der Waals surface area contributed by atoms with Crippen LogP contribution in [0.1, 0.15) is 43.2 Å². The highest BCUT2D eigenvalue weighted by atomic mass is 15.3. The second kappa shape index (κ2) is 3.71. The Labute approximate surface area is 85.5 Å². The van der Waals surface area contributed by atoms with E-state index < -0.39 is 0 Å². The van der Waals surface area contributed by atoms with Crippen molar-refractivity contribution in [3.63, 3.8) is 0 Å². The SMILES string of the molecule is CC(C)c1ccc([C@@H]2C[C@H]2NN)cc1. The summed E-state index contributed by atoms with van der Waals surface area (Å²) in [7, 11) is 0. The maximum absolute atomic E-state index is 5.39. The Kier molecular flexibility index (Phi) is 2.57. The number of nitrogens with one attached hydrogen (secondary N) is 1. The van der Waals surface area contributed by atoms with Crippen molar-refractivity contribution in [1.29, 1.82) is 0 Å². The van der Waals surface area contributed by atoms with Crippen molar-refractivity contribution in [2.45, 2.75) is 38.1 Å². The molecule has 0 spiro atoms. The summed E-state index contributed by atoms with van der Waals surface area (Å²) in [6.45, 7) is 4.44. The Bertz CT molecular complexity index is 303. The van der Waals surface area contributed by atoms with Gasteiger partial charge in [0.25, 0.3) is 0 Å². The van der Waals surface area contributed by atoms with Crippen molar-refractivity contribution in [3.8, 4) is 0 Å². The second-order valence-corrected chi connectivity index (χ2v) is 4.44. The van der Waals surface area contributed by atoms with Crippen molar-refractivity contribution < 1.29 is 0 Å². The molecular weight excluding hydrogens is 172 g/mol. The molecule has 1 saturated carbocycles. The lowest BCUT2D eigenvalue weighted by atomic mass is 10.0. The van der Waals surface area contributed by atoms with Gasteiger partial charge in [-0.2, -0.15) is 0 Å². The monoisotopic (exact) mass is 190 g/mol. The van der Waals surface area contributed by atoms with Gasteiger partial charge in [-0.3, -0.25) is 11.3 Å². The molecule has 2 nitrogen and oxygen atoms in total. The summed E-state index contributed by atoms with van der Waals surface area (Å²) < 4.78 is 0. The van der Waals surface area contributed by atoms with Crippen molar-refractivity contribution >= 4 is 0 Å². The zero-order valence-corrected chi connectivity index (χ0v) is 8.83. The zero-order valence-electron chi connectivity index (χ0n) is 8.83. The maximum atomic E-state index is 5.39. The van der Waals surface area contributed by atoms with E-state index in [9.17, 15) is 0 Å². The number of rotatable bonds is 3. The summed E-state index contributed by atoms with van der Waals surface area (Å²) in [5.41, 5.74) is 5.65. The normalized spacial score (nSPS) is 25.4. The topological polar surface area (TPSA) is 38.0 Å². The lowest BCUT2D eigenvalue weighted by Crippen LogP contribution is -2.25. The van der Waals surface area contributed by atoms with Crippen LogP contribution in [-0.4, -0.2) is 6.04 Å². The van der Waals surface area contributed by atoms with Crippen molar-refractivity contribution in [2.24, 2.45) is 5.84 Å². The van der Waals surface area contributed by atoms with E-state index >= 15 is 0 Å². The van der Waals surface area contributed by atoms with Gasteiger partial charge in [0.2, 0.25) is 0 Å². The molecule has 0 radical (unpaired) electrons. The molecule has 0 aromatic heterocycles. The molecule has 1 aliphatic rings. The van der Waals surface area contributed by atoms with E-state index in [1.807, 2.05) is 0 Å². The molecule has 76 valence electrons. The molecule has 0 unspecified atom stereocenters. The highest BCUT2D eigenvalue weighted by Gasteiger charge is 2.37. The molecule has 2 atom stereocenters. The highest BCUT2D eigenvalue weighted by molar-refractivity contribution is 5.31. The van der Waals surface area contributed by atoms with Gasteiger partial charge in [0, 0.05) is 12.0 Å². The minimum absolute atomic E-state index is 0.500. The van der Waals surface area contributed by atoms with Crippen LogP contribution in [0.5, 0.6) is 0 Å². The van der Waals surface area contributed by atoms with Crippen LogP contribution in [0.3, 0.4) is 0 Å². The minimum Gasteiger partial charge on any atom is -0.271 e. The van der Waals surface area contributed by atoms with E-state index in [-0.39, 0.29) is 0 Å². The van der Waals surface area contributed by atoms with E-state index in [2.05, 4.69) is 43.5 Å². The Hall–Kier alpha value is -0.860. The fourth-order valence-corrected chi connectivity index (χ4v) is 1.88. The first-order valence-corrected chi connectivity index (χ1v) is 5.28. The number of hydrogen-bond acceptors (Lipinski definition) is 2. The Balaban J connectivity index is 2.08. The van der Waals surface area contributed by atoms with E-state index in [0.29, 0.717) is 17.9 Å². The van der Waals surface area contributed by atoms with Crippen LogP contribution in [0.4, 0.5) is 0 Å². The lowest BCUT2D eigenvalue weighted by molar-refractivity contribution is 0.715. The van der Waals surface area contributed by atoms with Gasteiger partial charge in [0.1, 0.15) is 0 Å². The highest BCUT2D eigenvalue weighted by Crippen LogP contribution is 2.40. The summed E-state index contributed by atoms with van der Waals surface area (Å²) in [6, 6.07) is 9.42. The molecule has 3 N–H and O–H groups in total. The van der Waals surface area contributed by atoms with Crippen LogP contribution in [0, 0.1) is 0 Å². The molecule has 14 heavy (non-hydrogen) atoms. The summed E-state index contributed by atoms with van der Waals surface area (Å²) in [5, 5.41) is 0. The van der Waals surface area contributed by atoms with Gasteiger partial charge in [0.15, 0.2) is 0 Å². The van der Waals surface area contributed by atoms with Crippen LogP contribution < -0.4 is 11.3 Å². The zero-order chi connectivity index (χ0) is 10.1. The largest absolute Gasteiger partial charge is 0.271 e. The Morgan fingerprint density at radius 2 is 1.93 bits per heavy atom. The third-order valence-electron chi connectivity index (χ3n) is 3.04. The van der Waals surface area contributed by atoms with Crippen LogP contribution in [0.2, 0.25) is 0 Å². The average molecular weight is 190 g/mol. The number of benzene rings is 1. The molecule has 2 heteroatoms. The molecule has 1 aliphatic carbocycles. The molecule has 0 saturated heterocycles. The summed E-state index contributed by atoms with van der Waals surface area (Å²) in [4.78, 5) is 0. The lowest BCUT2D eigenvalue weighted by Gasteiger charge is -2.06. The van der Waals surface area contributed by atoms with Gasteiger partial charge in [-0.1, -0.05) is 38.1 Å². The molecule has 0 amide bonds. The molecule has 0 bridgehead atoms. The van der Waals surface area contributed by atoms with E-state index in [1.54, 1.807) is 0 Å². The van der Waals surface area contributed by atoms with Gasteiger partial charge >= 0.3 is 0 Å². The maximum Gasteiger partial charge on any atom is 0.0286 e. The molecule has 1 aromatic carbocycles. The number of nitrogens with two attached hydrogens (primary N) is 1. The van der Waals surface area contributed by atoms with Crippen LogP contribution in [0.25, 0.3) is 0 Å². The molecule has 0 heterocycles. The Morgan fingerprint density at radius 3 is 2.36 bits per heavy atom. The van der Waals surface area contributed by atoms with Gasteiger partial charge in [-0.05, 0) is 23.5 Å². The van der Waals surface area contributed by atoms with Gasteiger partial charge in [-0.15, -0.1) is 0 Å². The molecule has 2 rings (SSSR count). The van der Waals surface area contributed by atoms with Crippen molar-refractivity contribution in [1.82, 2.24) is 5.43 Å². The second-order valence-electron chi connectivity index (χ2n) is 4.44. The molecular formula is C12H18N2. The predicted molar refractivity (Wildman–Crippen MR) is 59.0 cm³/mol. The standard InChI is InChI=1S/C12H18N2/c1-8(2)9-3-5-10(6-4-9)11-7-12(11)14-13/h3-6,8,11-12,14H,7,13H2,1-2H3/t11-,12+/m0/s1. The fourth-order valence-electron chi connectivity index (χ4n) is 1.88. The summed E-state index contributed by atoms with van der Waals surface area (Å²) in [5.74, 6) is 6.65. The summed E-state index contributed by atoms with van der Waals surface area (Å²) in [6.07, 6.45) is 1.18. The number of hydrogen-bond donors (Lipinski definition) is 2.